The Morgan fingerprint density at radius 2 is 2.17 bits per heavy atom. The monoisotopic (exact) mass is 269 g/mol. The zero-order chi connectivity index (χ0) is 13.7. The van der Waals surface area contributed by atoms with Gasteiger partial charge in [-0.05, 0) is 17.7 Å². The number of rotatable bonds is 4. The van der Waals surface area contributed by atoms with Crippen LogP contribution in [-0.2, 0) is 16.0 Å². The Bertz CT molecular complexity index is 469. The molecule has 0 spiro atoms. The van der Waals surface area contributed by atoms with Gasteiger partial charge in [-0.1, -0.05) is 17.7 Å². The predicted molar refractivity (Wildman–Crippen MR) is 70.6 cm³/mol. The second-order valence-corrected chi connectivity index (χ2v) is 4.47. The van der Waals surface area contributed by atoms with Crippen molar-refractivity contribution in [2.75, 3.05) is 21.2 Å². The normalized spacial score (nSPS) is 11.2. The number of hydrogen-bond acceptors (Lipinski definition) is 4. The van der Waals surface area contributed by atoms with E-state index in [9.17, 15) is 9.90 Å². The minimum absolute atomic E-state index is 0.0972. The molecule has 0 unspecified atom stereocenters. The number of nitrogens with zero attached hydrogens (tertiary/aromatic N) is 1. The van der Waals surface area contributed by atoms with Crippen LogP contribution in [-0.4, -0.2) is 37.2 Å². The molecule has 0 saturated heterocycles. The quantitative estimate of drug-likeness (QED) is 0.673. The van der Waals surface area contributed by atoms with Crippen LogP contribution in [0.1, 0.15) is 5.56 Å². The summed E-state index contributed by atoms with van der Waals surface area (Å²) in [5.41, 5.74) is 1.25. The van der Waals surface area contributed by atoms with Crippen molar-refractivity contribution in [2.24, 2.45) is 0 Å². The van der Waals surface area contributed by atoms with Gasteiger partial charge in [0.1, 0.15) is 5.75 Å². The van der Waals surface area contributed by atoms with Crippen LogP contribution in [0.4, 0.5) is 0 Å². The van der Waals surface area contributed by atoms with Gasteiger partial charge in [-0.25, -0.2) is 4.79 Å². The number of benzene rings is 1. The highest BCUT2D eigenvalue weighted by Gasteiger charge is 2.13. The molecule has 0 bridgehead atoms. The predicted octanol–water partition coefficient (Wildman–Crippen LogP) is 2.21. The molecular weight excluding hydrogens is 254 g/mol. The lowest BCUT2D eigenvalue weighted by atomic mass is 10.1. The molecule has 0 aliphatic heterocycles. The first-order valence-corrected chi connectivity index (χ1v) is 5.74. The molecule has 0 heterocycles. The van der Waals surface area contributed by atoms with E-state index in [1.165, 1.54) is 19.2 Å². The van der Waals surface area contributed by atoms with Gasteiger partial charge in [-0.15, -0.1) is 0 Å². The van der Waals surface area contributed by atoms with Crippen molar-refractivity contribution in [3.63, 3.8) is 0 Å². The molecule has 0 radical (unpaired) electrons. The smallest absolute Gasteiger partial charge is 0.335 e. The highest BCUT2D eigenvalue weighted by Crippen LogP contribution is 2.24. The SMILES string of the molecule is COC(=O)C(=CN(C)C)Cc1ccc(O)cc1Cl. The fourth-order valence-electron chi connectivity index (χ4n) is 1.50. The summed E-state index contributed by atoms with van der Waals surface area (Å²) in [7, 11) is 4.98. The van der Waals surface area contributed by atoms with Gasteiger partial charge in [0.25, 0.3) is 0 Å². The summed E-state index contributed by atoms with van der Waals surface area (Å²) in [6.45, 7) is 0. The van der Waals surface area contributed by atoms with Gasteiger partial charge < -0.3 is 14.7 Å². The Morgan fingerprint density at radius 1 is 1.50 bits per heavy atom. The van der Waals surface area contributed by atoms with Gasteiger partial charge in [0.05, 0.1) is 12.7 Å². The third-order valence-electron chi connectivity index (χ3n) is 2.28. The molecule has 0 aliphatic rings. The molecule has 1 aromatic rings. The Kier molecular flexibility index (Phi) is 5.04. The summed E-state index contributed by atoms with van der Waals surface area (Å²) in [5.74, 6) is -0.298. The van der Waals surface area contributed by atoms with E-state index in [0.717, 1.165) is 5.56 Å². The van der Waals surface area contributed by atoms with Crippen molar-refractivity contribution >= 4 is 17.6 Å². The highest BCUT2D eigenvalue weighted by molar-refractivity contribution is 6.31. The van der Waals surface area contributed by atoms with Gasteiger partial charge in [0, 0.05) is 31.7 Å². The zero-order valence-electron chi connectivity index (χ0n) is 10.6. The van der Waals surface area contributed by atoms with Crippen molar-refractivity contribution < 1.29 is 14.6 Å². The summed E-state index contributed by atoms with van der Waals surface area (Å²) in [6.07, 6.45) is 2.04. The number of hydrogen-bond donors (Lipinski definition) is 1. The summed E-state index contributed by atoms with van der Waals surface area (Å²) in [5, 5.41) is 9.69. The Balaban J connectivity index is 3.00. The van der Waals surface area contributed by atoms with E-state index in [1.54, 1.807) is 17.2 Å². The van der Waals surface area contributed by atoms with Crippen molar-refractivity contribution in [3.05, 3.63) is 40.6 Å². The lowest BCUT2D eigenvalue weighted by molar-refractivity contribution is -0.136. The van der Waals surface area contributed by atoms with Gasteiger partial charge in [-0.3, -0.25) is 0 Å². The van der Waals surface area contributed by atoms with E-state index in [4.69, 9.17) is 16.3 Å². The van der Waals surface area contributed by atoms with Gasteiger partial charge in [0.2, 0.25) is 0 Å². The number of carbonyl (C=O) groups excluding carboxylic acids is 1. The number of phenolic OH excluding ortho intramolecular Hbond substituents is 1. The first kappa shape index (κ1) is 14.4. The molecule has 0 aliphatic carbocycles. The Labute approximate surface area is 111 Å². The van der Waals surface area contributed by atoms with Crippen LogP contribution in [0.2, 0.25) is 5.02 Å². The third kappa shape index (κ3) is 3.96. The minimum atomic E-state index is -0.396. The fraction of sp³-hybridized carbons (Fsp3) is 0.308. The topological polar surface area (TPSA) is 49.8 Å². The molecule has 4 nitrogen and oxygen atoms in total. The fourth-order valence-corrected chi connectivity index (χ4v) is 1.74. The van der Waals surface area contributed by atoms with E-state index in [-0.39, 0.29) is 5.75 Å². The van der Waals surface area contributed by atoms with Crippen molar-refractivity contribution in [3.8, 4) is 5.75 Å². The first-order chi connectivity index (χ1) is 8.43. The number of methoxy groups -OCH3 is 1. The minimum Gasteiger partial charge on any atom is -0.508 e. The Hall–Kier alpha value is -1.68. The summed E-state index contributed by atoms with van der Waals surface area (Å²) in [6, 6.07) is 4.66. The Morgan fingerprint density at radius 3 is 2.67 bits per heavy atom. The van der Waals surface area contributed by atoms with Crippen LogP contribution in [0, 0.1) is 0 Å². The average molecular weight is 270 g/mol. The van der Waals surface area contributed by atoms with E-state index in [1.807, 2.05) is 14.1 Å². The van der Waals surface area contributed by atoms with Crippen LogP contribution in [0.15, 0.2) is 30.0 Å². The van der Waals surface area contributed by atoms with Gasteiger partial charge in [-0.2, -0.15) is 0 Å². The van der Waals surface area contributed by atoms with Crippen molar-refractivity contribution in [2.45, 2.75) is 6.42 Å². The largest absolute Gasteiger partial charge is 0.508 e. The van der Waals surface area contributed by atoms with Crippen LogP contribution >= 0.6 is 11.6 Å². The molecule has 0 saturated carbocycles. The standard InChI is InChI=1S/C13H16ClNO3/c1-15(2)8-10(13(17)18-3)6-9-4-5-11(16)7-12(9)14/h4-5,7-8,16H,6H2,1-3H3. The summed E-state index contributed by atoms with van der Waals surface area (Å²) >= 11 is 6.01. The van der Waals surface area contributed by atoms with E-state index >= 15 is 0 Å². The molecule has 5 heteroatoms. The number of carbonyl (C=O) groups is 1. The molecule has 18 heavy (non-hydrogen) atoms. The maximum absolute atomic E-state index is 11.6. The molecule has 0 amide bonds. The summed E-state index contributed by atoms with van der Waals surface area (Å²) < 4.78 is 4.72. The lowest BCUT2D eigenvalue weighted by Crippen LogP contribution is -2.13. The number of aromatic hydroxyl groups is 1. The lowest BCUT2D eigenvalue weighted by Gasteiger charge is -2.11. The number of phenols is 1. The second kappa shape index (κ2) is 6.31. The third-order valence-corrected chi connectivity index (χ3v) is 2.63. The molecule has 0 aromatic heterocycles. The summed E-state index contributed by atoms with van der Waals surface area (Å²) in [4.78, 5) is 13.4. The molecule has 98 valence electrons. The van der Waals surface area contributed by atoms with Crippen LogP contribution in [0.25, 0.3) is 0 Å². The van der Waals surface area contributed by atoms with Gasteiger partial charge in [0.15, 0.2) is 0 Å². The number of halogens is 1. The molecule has 1 aromatic carbocycles. The molecule has 0 atom stereocenters. The van der Waals surface area contributed by atoms with Crippen molar-refractivity contribution in [1.29, 1.82) is 0 Å². The van der Waals surface area contributed by atoms with Crippen LogP contribution < -0.4 is 0 Å². The molecule has 1 N–H and O–H groups in total. The zero-order valence-corrected chi connectivity index (χ0v) is 11.4. The second-order valence-electron chi connectivity index (χ2n) is 4.06. The van der Waals surface area contributed by atoms with E-state index in [2.05, 4.69) is 0 Å². The number of esters is 1. The molecule has 1 rings (SSSR count). The first-order valence-electron chi connectivity index (χ1n) is 5.37. The maximum Gasteiger partial charge on any atom is 0.335 e. The van der Waals surface area contributed by atoms with E-state index in [0.29, 0.717) is 17.0 Å². The highest BCUT2D eigenvalue weighted by atomic mass is 35.5. The maximum atomic E-state index is 11.6. The average Bonchev–Trinajstić information content (AvgIpc) is 2.30. The number of ether oxygens (including phenoxy) is 1. The molecule has 0 fully saturated rings. The van der Waals surface area contributed by atoms with Crippen molar-refractivity contribution in [1.82, 2.24) is 4.90 Å². The van der Waals surface area contributed by atoms with E-state index < -0.39 is 5.97 Å². The van der Waals surface area contributed by atoms with Gasteiger partial charge >= 0.3 is 5.97 Å². The molecular formula is C13H16ClNO3. The van der Waals surface area contributed by atoms with Crippen LogP contribution in [0.3, 0.4) is 0 Å². The van der Waals surface area contributed by atoms with Crippen LogP contribution in [0.5, 0.6) is 5.75 Å².